The van der Waals surface area contributed by atoms with E-state index in [1.165, 1.54) is 24.3 Å². The molecule has 3 aliphatic rings. The quantitative estimate of drug-likeness (QED) is 0.850. The van der Waals surface area contributed by atoms with Crippen molar-refractivity contribution < 1.29 is 9.59 Å². The number of carbonyl (C=O) groups excluding carboxylic acids is 2. The van der Waals surface area contributed by atoms with E-state index in [2.05, 4.69) is 27.3 Å². The summed E-state index contributed by atoms with van der Waals surface area (Å²) in [5, 5.41) is 6.12. The summed E-state index contributed by atoms with van der Waals surface area (Å²) in [6, 6.07) is 8.36. The molecule has 3 aliphatic heterocycles. The van der Waals surface area contributed by atoms with Crippen LogP contribution in [-0.2, 0) is 4.79 Å². The molecule has 1 atom stereocenters. The van der Waals surface area contributed by atoms with Crippen LogP contribution in [0.2, 0.25) is 0 Å². The van der Waals surface area contributed by atoms with Gasteiger partial charge in [-0.2, -0.15) is 11.8 Å². The molecule has 2 saturated heterocycles. The number of carbonyl (C=O) groups is 2. The lowest BCUT2D eigenvalue weighted by atomic mass is 9.99. The number of nitrogens with zero attached hydrogens (tertiary/aromatic N) is 1. The molecule has 4 rings (SSSR count). The van der Waals surface area contributed by atoms with E-state index in [-0.39, 0.29) is 23.9 Å². The average Bonchev–Trinajstić information content (AvgIpc) is 2.99. The van der Waals surface area contributed by atoms with Crippen molar-refractivity contribution in [3.63, 3.8) is 0 Å². The summed E-state index contributed by atoms with van der Waals surface area (Å²) in [6.45, 7) is 2.17. The van der Waals surface area contributed by atoms with Gasteiger partial charge >= 0.3 is 0 Å². The molecule has 5 nitrogen and oxygen atoms in total. The highest BCUT2D eigenvalue weighted by molar-refractivity contribution is 7.99. The minimum Gasteiger partial charge on any atom is -0.353 e. The molecule has 0 spiro atoms. The minimum absolute atomic E-state index is 0.0412. The maximum Gasteiger partial charge on any atom is 0.252 e. The lowest BCUT2D eigenvalue weighted by Crippen LogP contribution is -2.49. The van der Waals surface area contributed by atoms with Crippen LogP contribution in [0.5, 0.6) is 0 Å². The van der Waals surface area contributed by atoms with Crippen LogP contribution in [0.15, 0.2) is 24.3 Å². The molecule has 26 heavy (non-hydrogen) atoms. The number of piperidine rings is 1. The van der Waals surface area contributed by atoms with Gasteiger partial charge in [0, 0.05) is 30.7 Å². The number of thioether (sulfide) groups is 1. The zero-order valence-electron chi connectivity index (χ0n) is 15.1. The van der Waals surface area contributed by atoms with Gasteiger partial charge in [0.2, 0.25) is 5.91 Å². The third-order valence-corrected chi connectivity index (χ3v) is 6.93. The number of fused-ring (bicyclic) bond motifs is 1. The zero-order chi connectivity index (χ0) is 17.9. The smallest absolute Gasteiger partial charge is 0.252 e. The Morgan fingerprint density at radius 2 is 1.88 bits per heavy atom. The second kappa shape index (κ2) is 8.01. The molecule has 3 heterocycles. The first kappa shape index (κ1) is 17.9. The predicted molar refractivity (Wildman–Crippen MR) is 104 cm³/mol. The Hall–Kier alpha value is -1.53. The Kier molecular flexibility index (Phi) is 5.50. The molecule has 1 aromatic rings. The van der Waals surface area contributed by atoms with Crippen molar-refractivity contribution in [2.45, 2.75) is 50.2 Å². The standard InChI is InChI=1S/C20H27N3O2S/c24-19(13-18-16-3-1-2-4-17(16)20(25)22-18)21-14-5-9-23(10-6-14)15-7-11-26-12-8-15/h1-4,14-15,18H,5-13H2,(H,21,24)(H,22,25)/t18-/m1/s1. The van der Waals surface area contributed by atoms with E-state index in [4.69, 9.17) is 0 Å². The monoisotopic (exact) mass is 373 g/mol. The third-order valence-electron chi connectivity index (χ3n) is 5.88. The Labute approximate surface area is 159 Å². The van der Waals surface area contributed by atoms with Crippen molar-refractivity contribution in [3.05, 3.63) is 35.4 Å². The highest BCUT2D eigenvalue weighted by atomic mass is 32.2. The van der Waals surface area contributed by atoms with Gasteiger partial charge in [0.05, 0.1) is 12.5 Å². The number of likely N-dealkylation sites (tertiary alicyclic amines) is 1. The van der Waals surface area contributed by atoms with Crippen molar-refractivity contribution >= 4 is 23.6 Å². The third kappa shape index (κ3) is 3.91. The minimum atomic E-state index is -0.196. The highest BCUT2D eigenvalue weighted by Gasteiger charge is 2.31. The molecule has 6 heteroatoms. The van der Waals surface area contributed by atoms with E-state index in [9.17, 15) is 9.59 Å². The van der Waals surface area contributed by atoms with Crippen molar-refractivity contribution in [1.82, 2.24) is 15.5 Å². The summed E-state index contributed by atoms with van der Waals surface area (Å²) in [4.78, 5) is 27.1. The van der Waals surface area contributed by atoms with E-state index in [0.29, 0.717) is 12.0 Å². The van der Waals surface area contributed by atoms with Gasteiger partial charge in [0.25, 0.3) is 5.91 Å². The lowest BCUT2D eigenvalue weighted by molar-refractivity contribution is -0.122. The van der Waals surface area contributed by atoms with E-state index >= 15 is 0 Å². The Balaban J connectivity index is 1.25. The topological polar surface area (TPSA) is 61.4 Å². The Morgan fingerprint density at radius 1 is 1.15 bits per heavy atom. The molecule has 2 fully saturated rings. The SMILES string of the molecule is O=C(C[C@H]1NC(=O)c2ccccc21)NC1CCN(C2CCSCC2)CC1. The number of benzene rings is 1. The number of hydrogen-bond donors (Lipinski definition) is 2. The summed E-state index contributed by atoms with van der Waals surface area (Å²) in [5.74, 6) is 2.54. The predicted octanol–water partition coefficient (Wildman–Crippen LogP) is 2.34. The number of nitrogens with one attached hydrogen (secondary N) is 2. The van der Waals surface area contributed by atoms with Crippen LogP contribution >= 0.6 is 11.8 Å². The largest absolute Gasteiger partial charge is 0.353 e. The molecule has 1 aromatic carbocycles. The molecule has 0 unspecified atom stereocenters. The summed E-state index contributed by atoms with van der Waals surface area (Å²) >= 11 is 2.07. The number of amides is 2. The van der Waals surface area contributed by atoms with Crippen molar-refractivity contribution in [1.29, 1.82) is 0 Å². The normalized spacial score (nSPS) is 24.9. The van der Waals surface area contributed by atoms with Crippen LogP contribution in [-0.4, -0.2) is 53.4 Å². The number of rotatable bonds is 4. The highest BCUT2D eigenvalue weighted by Crippen LogP contribution is 2.28. The van der Waals surface area contributed by atoms with Gasteiger partial charge in [0.1, 0.15) is 0 Å². The number of hydrogen-bond acceptors (Lipinski definition) is 4. The maximum absolute atomic E-state index is 12.5. The summed E-state index contributed by atoms with van der Waals surface area (Å²) < 4.78 is 0. The molecule has 0 aromatic heterocycles. The maximum atomic E-state index is 12.5. The summed E-state index contributed by atoms with van der Waals surface area (Å²) in [6.07, 6.45) is 5.00. The molecule has 0 saturated carbocycles. The van der Waals surface area contributed by atoms with Gasteiger partial charge in [-0.3, -0.25) is 9.59 Å². The summed E-state index contributed by atoms with van der Waals surface area (Å²) in [5.41, 5.74) is 1.64. The van der Waals surface area contributed by atoms with Gasteiger partial charge in [-0.15, -0.1) is 0 Å². The zero-order valence-corrected chi connectivity index (χ0v) is 15.9. The first-order valence-electron chi connectivity index (χ1n) is 9.71. The molecular weight excluding hydrogens is 346 g/mol. The fourth-order valence-electron chi connectivity index (χ4n) is 4.41. The van der Waals surface area contributed by atoms with Crippen LogP contribution in [0.4, 0.5) is 0 Å². The van der Waals surface area contributed by atoms with Crippen LogP contribution in [0.1, 0.15) is 54.1 Å². The van der Waals surface area contributed by atoms with Crippen LogP contribution in [0, 0.1) is 0 Å². The van der Waals surface area contributed by atoms with E-state index in [0.717, 1.165) is 37.5 Å². The van der Waals surface area contributed by atoms with Crippen LogP contribution in [0.3, 0.4) is 0 Å². The van der Waals surface area contributed by atoms with Gasteiger partial charge in [0.15, 0.2) is 0 Å². The van der Waals surface area contributed by atoms with E-state index in [1.54, 1.807) is 0 Å². The average molecular weight is 374 g/mol. The molecule has 2 amide bonds. The van der Waals surface area contributed by atoms with Crippen molar-refractivity contribution in [3.8, 4) is 0 Å². The molecule has 140 valence electrons. The van der Waals surface area contributed by atoms with E-state index < -0.39 is 0 Å². The first-order chi connectivity index (χ1) is 12.7. The first-order valence-corrected chi connectivity index (χ1v) is 10.9. The van der Waals surface area contributed by atoms with Crippen LogP contribution < -0.4 is 10.6 Å². The molecular formula is C20H27N3O2S. The van der Waals surface area contributed by atoms with E-state index in [1.807, 2.05) is 24.3 Å². The van der Waals surface area contributed by atoms with Gasteiger partial charge in [-0.05, 0) is 48.8 Å². The molecule has 2 N–H and O–H groups in total. The lowest BCUT2D eigenvalue weighted by Gasteiger charge is -2.39. The Bertz CT molecular complexity index is 667. The van der Waals surface area contributed by atoms with Crippen LogP contribution in [0.25, 0.3) is 0 Å². The van der Waals surface area contributed by atoms with Gasteiger partial charge < -0.3 is 15.5 Å². The second-order valence-corrected chi connectivity index (χ2v) is 8.76. The van der Waals surface area contributed by atoms with Crippen molar-refractivity contribution in [2.75, 3.05) is 24.6 Å². The van der Waals surface area contributed by atoms with Crippen molar-refractivity contribution in [2.24, 2.45) is 0 Å². The van der Waals surface area contributed by atoms with Gasteiger partial charge in [-0.25, -0.2) is 0 Å². The fraction of sp³-hybridized carbons (Fsp3) is 0.600. The summed E-state index contributed by atoms with van der Waals surface area (Å²) in [7, 11) is 0. The molecule has 0 aliphatic carbocycles. The second-order valence-electron chi connectivity index (χ2n) is 7.54. The molecule has 0 radical (unpaired) electrons. The van der Waals surface area contributed by atoms with Gasteiger partial charge in [-0.1, -0.05) is 18.2 Å². The molecule has 0 bridgehead atoms. The fourth-order valence-corrected chi connectivity index (χ4v) is 5.50. The Morgan fingerprint density at radius 3 is 2.65 bits per heavy atom.